The standard InChI is InChI=1S/C28H28N4O2/c1-4-31(27(34)23-8-6-5-7-9-23)19-26(33)30-28-29-25(22-14-10-20(2)11-15-22)18-32(28)24-16-12-21(3)13-17-24/h5-18H,4,19H2,1-3H3,(H,29,30,33). The van der Waals surface area contributed by atoms with Gasteiger partial charge in [-0.15, -0.1) is 0 Å². The van der Waals surface area contributed by atoms with Crippen molar-refractivity contribution in [2.24, 2.45) is 0 Å². The zero-order valence-corrected chi connectivity index (χ0v) is 19.7. The number of carbonyl (C=O) groups is 2. The van der Waals surface area contributed by atoms with Gasteiger partial charge in [0, 0.05) is 29.6 Å². The molecule has 1 heterocycles. The minimum atomic E-state index is -0.305. The fraction of sp³-hybridized carbons (Fsp3) is 0.179. The molecule has 0 aliphatic heterocycles. The maximum Gasteiger partial charge on any atom is 0.254 e. The van der Waals surface area contributed by atoms with Crippen LogP contribution in [0.1, 0.15) is 28.4 Å². The lowest BCUT2D eigenvalue weighted by molar-refractivity contribution is -0.116. The van der Waals surface area contributed by atoms with Crippen LogP contribution in [0.2, 0.25) is 0 Å². The number of hydrogen-bond acceptors (Lipinski definition) is 3. The quantitative estimate of drug-likeness (QED) is 0.416. The van der Waals surface area contributed by atoms with E-state index < -0.39 is 0 Å². The third-order valence-electron chi connectivity index (χ3n) is 5.64. The number of nitrogens with zero attached hydrogens (tertiary/aromatic N) is 3. The number of aryl methyl sites for hydroxylation is 2. The van der Waals surface area contributed by atoms with Crippen LogP contribution in [0.5, 0.6) is 0 Å². The first-order valence-electron chi connectivity index (χ1n) is 11.3. The first-order chi connectivity index (χ1) is 16.4. The highest BCUT2D eigenvalue weighted by Gasteiger charge is 2.19. The van der Waals surface area contributed by atoms with E-state index in [1.54, 1.807) is 12.1 Å². The van der Waals surface area contributed by atoms with Gasteiger partial charge in [0.2, 0.25) is 11.9 Å². The van der Waals surface area contributed by atoms with Crippen LogP contribution in [0.15, 0.2) is 85.1 Å². The van der Waals surface area contributed by atoms with Crippen molar-refractivity contribution in [1.82, 2.24) is 14.5 Å². The summed E-state index contributed by atoms with van der Waals surface area (Å²) in [5, 5.41) is 2.92. The van der Waals surface area contributed by atoms with Gasteiger partial charge in [0.15, 0.2) is 0 Å². The molecule has 0 saturated carbocycles. The van der Waals surface area contributed by atoms with Gasteiger partial charge in [-0.3, -0.25) is 19.5 Å². The van der Waals surface area contributed by atoms with E-state index in [1.807, 2.05) is 98.3 Å². The summed E-state index contributed by atoms with van der Waals surface area (Å²) in [5.74, 6) is -0.0753. The lowest BCUT2D eigenvalue weighted by Gasteiger charge is -2.20. The number of hydrogen-bond donors (Lipinski definition) is 1. The Morgan fingerprint density at radius 1 is 0.882 bits per heavy atom. The van der Waals surface area contributed by atoms with Gasteiger partial charge in [0.1, 0.15) is 6.54 Å². The van der Waals surface area contributed by atoms with Crippen LogP contribution >= 0.6 is 0 Å². The van der Waals surface area contributed by atoms with Crippen LogP contribution in [0.25, 0.3) is 16.9 Å². The van der Waals surface area contributed by atoms with Gasteiger partial charge < -0.3 is 4.90 Å². The smallest absolute Gasteiger partial charge is 0.254 e. The molecule has 172 valence electrons. The van der Waals surface area contributed by atoms with Crippen molar-refractivity contribution in [3.63, 3.8) is 0 Å². The number of likely N-dealkylation sites (N-methyl/N-ethyl adjacent to an activating group) is 1. The minimum Gasteiger partial charge on any atom is -0.330 e. The van der Waals surface area contributed by atoms with Gasteiger partial charge >= 0.3 is 0 Å². The lowest BCUT2D eigenvalue weighted by atomic mass is 10.1. The molecule has 3 aromatic carbocycles. The zero-order chi connectivity index (χ0) is 24.1. The maximum absolute atomic E-state index is 13.0. The van der Waals surface area contributed by atoms with Crippen LogP contribution in [0.4, 0.5) is 5.95 Å². The topological polar surface area (TPSA) is 67.2 Å². The summed E-state index contributed by atoms with van der Waals surface area (Å²) < 4.78 is 1.86. The Morgan fingerprint density at radius 2 is 1.50 bits per heavy atom. The Labute approximate surface area is 199 Å². The maximum atomic E-state index is 13.0. The van der Waals surface area contributed by atoms with E-state index in [-0.39, 0.29) is 18.4 Å². The molecule has 0 unspecified atom stereocenters. The molecule has 1 aromatic heterocycles. The Kier molecular flexibility index (Phi) is 6.87. The van der Waals surface area contributed by atoms with Gasteiger partial charge in [-0.2, -0.15) is 0 Å². The molecule has 2 amide bonds. The molecule has 0 saturated heterocycles. The van der Waals surface area contributed by atoms with Crippen molar-refractivity contribution >= 4 is 17.8 Å². The molecule has 0 fully saturated rings. The second-order valence-electron chi connectivity index (χ2n) is 8.25. The summed E-state index contributed by atoms with van der Waals surface area (Å²) in [4.78, 5) is 32.0. The van der Waals surface area contributed by atoms with Crippen LogP contribution in [0, 0.1) is 13.8 Å². The van der Waals surface area contributed by atoms with Gasteiger partial charge in [0.05, 0.1) is 5.69 Å². The molecule has 0 spiro atoms. The summed E-state index contributed by atoms with van der Waals surface area (Å²) in [6, 6.07) is 25.1. The number of nitrogens with one attached hydrogen (secondary N) is 1. The number of benzene rings is 3. The summed E-state index contributed by atoms with van der Waals surface area (Å²) >= 11 is 0. The number of aromatic nitrogens is 2. The normalized spacial score (nSPS) is 10.7. The van der Waals surface area contributed by atoms with E-state index in [4.69, 9.17) is 4.98 Å². The summed E-state index contributed by atoms with van der Waals surface area (Å²) in [5.41, 5.74) is 5.47. The molecule has 0 aliphatic carbocycles. The van der Waals surface area contributed by atoms with Crippen molar-refractivity contribution < 1.29 is 9.59 Å². The Hall–Kier alpha value is -4.19. The fourth-order valence-corrected chi connectivity index (χ4v) is 3.66. The minimum absolute atomic E-state index is 0.0646. The first kappa shape index (κ1) is 23.0. The Morgan fingerprint density at radius 3 is 2.12 bits per heavy atom. The van der Waals surface area contributed by atoms with Crippen molar-refractivity contribution in [3.05, 3.63) is 102 Å². The lowest BCUT2D eigenvalue weighted by Crippen LogP contribution is -2.38. The molecular weight excluding hydrogens is 424 g/mol. The van der Waals surface area contributed by atoms with Crippen LogP contribution in [-0.2, 0) is 4.79 Å². The number of rotatable bonds is 7. The second-order valence-corrected chi connectivity index (χ2v) is 8.25. The van der Waals surface area contributed by atoms with Crippen LogP contribution < -0.4 is 5.32 Å². The third kappa shape index (κ3) is 5.23. The van der Waals surface area contributed by atoms with Crippen LogP contribution in [0.3, 0.4) is 0 Å². The van der Waals surface area contributed by atoms with Gasteiger partial charge in [0.25, 0.3) is 5.91 Å². The molecule has 0 aliphatic rings. The molecular formula is C28H28N4O2. The number of imidazole rings is 1. The van der Waals surface area contributed by atoms with Crippen LogP contribution in [-0.4, -0.2) is 39.4 Å². The van der Waals surface area contributed by atoms with Gasteiger partial charge in [-0.25, -0.2) is 4.98 Å². The van der Waals surface area contributed by atoms with E-state index >= 15 is 0 Å². The molecule has 4 rings (SSSR count). The van der Waals surface area contributed by atoms with Crippen molar-refractivity contribution in [1.29, 1.82) is 0 Å². The van der Waals surface area contributed by atoms with Gasteiger partial charge in [-0.1, -0.05) is 65.7 Å². The van der Waals surface area contributed by atoms with E-state index in [2.05, 4.69) is 5.32 Å². The highest BCUT2D eigenvalue weighted by atomic mass is 16.2. The number of carbonyl (C=O) groups excluding carboxylic acids is 2. The monoisotopic (exact) mass is 452 g/mol. The van der Waals surface area contributed by atoms with Crippen molar-refractivity contribution in [3.8, 4) is 16.9 Å². The van der Waals surface area contributed by atoms with Gasteiger partial charge in [-0.05, 0) is 45.0 Å². The summed E-state index contributed by atoms with van der Waals surface area (Å²) in [6.45, 7) is 6.28. The SMILES string of the molecule is CCN(CC(=O)Nc1nc(-c2ccc(C)cc2)cn1-c1ccc(C)cc1)C(=O)c1ccccc1. The molecule has 6 nitrogen and oxygen atoms in total. The second kappa shape index (κ2) is 10.2. The average Bonchev–Trinajstić information content (AvgIpc) is 3.27. The summed E-state index contributed by atoms with van der Waals surface area (Å²) in [7, 11) is 0. The Bertz CT molecular complexity index is 1280. The number of amides is 2. The van der Waals surface area contributed by atoms with Crippen molar-refractivity contribution in [2.45, 2.75) is 20.8 Å². The third-order valence-corrected chi connectivity index (χ3v) is 5.64. The molecule has 6 heteroatoms. The predicted octanol–water partition coefficient (Wildman–Crippen LogP) is 5.26. The highest BCUT2D eigenvalue weighted by Crippen LogP contribution is 2.25. The van der Waals surface area contributed by atoms with E-state index in [1.165, 1.54) is 4.90 Å². The van der Waals surface area contributed by atoms with Crippen molar-refractivity contribution in [2.75, 3.05) is 18.4 Å². The highest BCUT2D eigenvalue weighted by molar-refractivity contribution is 5.99. The first-order valence-corrected chi connectivity index (χ1v) is 11.3. The molecule has 0 bridgehead atoms. The van der Waals surface area contributed by atoms with E-state index in [0.29, 0.717) is 18.1 Å². The molecule has 0 radical (unpaired) electrons. The van der Waals surface area contributed by atoms with E-state index in [0.717, 1.165) is 28.1 Å². The fourth-order valence-electron chi connectivity index (χ4n) is 3.66. The Balaban J connectivity index is 1.60. The zero-order valence-electron chi connectivity index (χ0n) is 19.7. The predicted molar refractivity (Wildman–Crippen MR) is 135 cm³/mol. The molecule has 4 aromatic rings. The van der Waals surface area contributed by atoms with E-state index in [9.17, 15) is 9.59 Å². The molecule has 0 atom stereocenters. The summed E-state index contributed by atoms with van der Waals surface area (Å²) in [6.07, 6.45) is 1.91. The average molecular weight is 453 g/mol. The largest absolute Gasteiger partial charge is 0.330 e. The number of anilines is 1. The molecule has 1 N–H and O–H groups in total. The molecule has 34 heavy (non-hydrogen) atoms.